The lowest BCUT2D eigenvalue weighted by atomic mass is 9.88. The number of nitrogens with one attached hydrogen (secondary N) is 1. The number of aromatic nitrogens is 1. The SMILES string of the molecule is CCOC(=O)Nc1cc(CN2CCC(C(=O)N3CCC(CC(=NOC)c4ccc(Cl)cc4)CC3)CC2)ccn1. The predicted molar refractivity (Wildman–Crippen MR) is 152 cm³/mol. The van der Waals surface area contributed by atoms with E-state index in [0.29, 0.717) is 29.3 Å². The van der Waals surface area contributed by atoms with Gasteiger partial charge in [-0.2, -0.15) is 0 Å². The van der Waals surface area contributed by atoms with Gasteiger partial charge in [0, 0.05) is 36.8 Å². The molecule has 9 nitrogen and oxygen atoms in total. The Labute approximate surface area is 235 Å². The fraction of sp³-hybridized carbons (Fsp3) is 0.517. The number of carbonyl (C=O) groups is 2. The molecule has 2 aliphatic rings. The maximum Gasteiger partial charge on any atom is 0.412 e. The molecule has 1 aromatic carbocycles. The summed E-state index contributed by atoms with van der Waals surface area (Å²) in [5.74, 6) is 1.31. The Hall–Kier alpha value is -3.17. The molecule has 2 aromatic rings. The van der Waals surface area contributed by atoms with Crippen LogP contribution in [-0.4, -0.2) is 72.4 Å². The summed E-state index contributed by atoms with van der Waals surface area (Å²) in [6, 6.07) is 11.5. The van der Waals surface area contributed by atoms with Crippen LogP contribution in [0.15, 0.2) is 47.8 Å². The Morgan fingerprint density at radius 2 is 1.79 bits per heavy atom. The van der Waals surface area contributed by atoms with Crippen LogP contribution in [0.3, 0.4) is 0 Å². The maximum absolute atomic E-state index is 13.3. The van der Waals surface area contributed by atoms with Crippen molar-refractivity contribution in [1.29, 1.82) is 0 Å². The van der Waals surface area contributed by atoms with Crippen LogP contribution in [0.1, 0.15) is 50.2 Å². The minimum absolute atomic E-state index is 0.0796. The first-order valence-corrected chi connectivity index (χ1v) is 14.1. The van der Waals surface area contributed by atoms with Gasteiger partial charge in [-0.05, 0) is 93.4 Å². The molecular formula is C29H38ClN5O4. The van der Waals surface area contributed by atoms with Crippen LogP contribution in [-0.2, 0) is 20.9 Å². The number of benzene rings is 1. The Bertz CT molecular complexity index is 1130. The summed E-state index contributed by atoms with van der Waals surface area (Å²) < 4.78 is 4.92. The van der Waals surface area contributed by atoms with Gasteiger partial charge >= 0.3 is 6.09 Å². The third kappa shape index (κ3) is 8.41. The number of nitrogens with zero attached hydrogens (tertiary/aromatic N) is 4. The number of carbonyl (C=O) groups excluding carboxylic acids is 2. The highest BCUT2D eigenvalue weighted by atomic mass is 35.5. The number of anilines is 1. The zero-order valence-electron chi connectivity index (χ0n) is 22.8. The summed E-state index contributed by atoms with van der Waals surface area (Å²) >= 11 is 6.04. The van der Waals surface area contributed by atoms with Crippen molar-refractivity contribution in [2.24, 2.45) is 17.0 Å². The summed E-state index contributed by atoms with van der Waals surface area (Å²) in [4.78, 5) is 38.7. The summed E-state index contributed by atoms with van der Waals surface area (Å²) in [7, 11) is 1.57. The molecule has 0 spiro atoms. The van der Waals surface area contributed by atoms with E-state index in [1.165, 1.54) is 0 Å². The number of hydrogen-bond donors (Lipinski definition) is 1. The molecule has 2 aliphatic heterocycles. The van der Waals surface area contributed by atoms with Gasteiger partial charge in [0.15, 0.2) is 0 Å². The van der Waals surface area contributed by atoms with E-state index in [4.69, 9.17) is 21.2 Å². The van der Waals surface area contributed by atoms with Gasteiger partial charge in [0.2, 0.25) is 5.91 Å². The largest absolute Gasteiger partial charge is 0.450 e. The number of piperidine rings is 2. The normalized spacial score (nSPS) is 17.6. The molecule has 4 rings (SSSR count). The highest BCUT2D eigenvalue weighted by Crippen LogP contribution is 2.27. The van der Waals surface area contributed by atoms with Crippen LogP contribution in [0.4, 0.5) is 10.6 Å². The van der Waals surface area contributed by atoms with Gasteiger partial charge in [-0.25, -0.2) is 9.78 Å². The molecule has 2 saturated heterocycles. The Kier molecular flexibility index (Phi) is 10.6. The van der Waals surface area contributed by atoms with E-state index in [1.54, 1.807) is 20.2 Å². The lowest BCUT2D eigenvalue weighted by molar-refractivity contribution is -0.138. The minimum atomic E-state index is -0.504. The maximum atomic E-state index is 13.3. The van der Waals surface area contributed by atoms with Gasteiger partial charge in [0.1, 0.15) is 12.9 Å². The summed E-state index contributed by atoms with van der Waals surface area (Å²) in [5.41, 5.74) is 3.01. The average molecular weight is 556 g/mol. The molecule has 1 aromatic heterocycles. The Balaban J connectivity index is 1.21. The molecule has 0 atom stereocenters. The van der Waals surface area contributed by atoms with Gasteiger partial charge in [-0.1, -0.05) is 28.9 Å². The van der Waals surface area contributed by atoms with Crippen molar-refractivity contribution in [3.05, 3.63) is 58.7 Å². The summed E-state index contributed by atoms with van der Waals surface area (Å²) in [5, 5.41) is 7.62. The topological polar surface area (TPSA) is 96.4 Å². The molecule has 0 saturated carbocycles. The highest BCUT2D eigenvalue weighted by molar-refractivity contribution is 6.30. The molecule has 0 aliphatic carbocycles. The van der Waals surface area contributed by atoms with Crippen LogP contribution in [0.25, 0.3) is 0 Å². The van der Waals surface area contributed by atoms with Crippen LogP contribution < -0.4 is 5.32 Å². The zero-order valence-corrected chi connectivity index (χ0v) is 23.5. The minimum Gasteiger partial charge on any atom is -0.450 e. The molecule has 1 N–H and O–H groups in total. The van der Waals surface area contributed by atoms with Crippen molar-refractivity contribution in [1.82, 2.24) is 14.8 Å². The van der Waals surface area contributed by atoms with Crippen molar-refractivity contribution in [3.8, 4) is 0 Å². The molecular weight excluding hydrogens is 518 g/mol. The van der Waals surface area contributed by atoms with Crippen LogP contribution in [0.5, 0.6) is 0 Å². The van der Waals surface area contributed by atoms with Crippen molar-refractivity contribution >= 4 is 35.1 Å². The molecule has 39 heavy (non-hydrogen) atoms. The molecule has 210 valence electrons. The van der Waals surface area contributed by atoms with Gasteiger partial charge < -0.3 is 14.5 Å². The van der Waals surface area contributed by atoms with E-state index < -0.39 is 6.09 Å². The number of oxime groups is 1. The second-order valence-corrected chi connectivity index (χ2v) is 10.6. The van der Waals surface area contributed by atoms with Gasteiger partial charge in [0.25, 0.3) is 0 Å². The molecule has 2 fully saturated rings. The van der Waals surface area contributed by atoms with Gasteiger partial charge in [-0.15, -0.1) is 0 Å². The van der Waals surface area contributed by atoms with Crippen LogP contribution >= 0.6 is 11.6 Å². The average Bonchev–Trinajstić information content (AvgIpc) is 2.94. The molecule has 2 amide bonds. The molecule has 0 bridgehead atoms. The van der Waals surface area contributed by atoms with Crippen molar-refractivity contribution in [2.45, 2.75) is 45.6 Å². The second-order valence-electron chi connectivity index (χ2n) is 10.1. The number of pyridine rings is 1. The van der Waals surface area contributed by atoms with E-state index >= 15 is 0 Å². The van der Waals surface area contributed by atoms with Crippen molar-refractivity contribution in [3.63, 3.8) is 0 Å². The highest BCUT2D eigenvalue weighted by Gasteiger charge is 2.31. The molecule has 10 heteroatoms. The fourth-order valence-corrected chi connectivity index (χ4v) is 5.48. The van der Waals surface area contributed by atoms with Crippen molar-refractivity contribution < 1.29 is 19.2 Å². The third-order valence-corrected chi connectivity index (χ3v) is 7.71. The Morgan fingerprint density at radius 3 is 2.46 bits per heavy atom. The first-order chi connectivity index (χ1) is 18.9. The molecule has 0 unspecified atom stereocenters. The smallest absolute Gasteiger partial charge is 0.412 e. The lowest BCUT2D eigenvalue weighted by Gasteiger charge is -2.37. The zero-order chi connectivity index (χ0) is 27.6. The quantitative estimate of drug-likeness (QED) is 0.338. The number of amides is 2. The number of likely N-dealkylation sites (tertiary alicyclic amines) is 2. The fourth-order valence-electron chi connectivity index (χ4n) is 5.36. The van der Waals surface area contributed by atoms with E-state index in [9.17, 15) is 9.59 Å². The molecule has 3 heterocycles. The number of ether oxygens (including phenoxy) is 1. The van der Waals surface area contributed by atoms with E-state index in [2.05, 4.69) is 25.3 Å². The van der Waals surface area contributed by atoms with E-state index in [1.807, 2.05) is 36.4 Å². The number of hydrogen-bond acceptors (Lipinski definition) is 7. The van der Waals surface area contributed by atoms with Crippen molar-refractivity contribution in [2.75, 3.05) is 45.2 Å². The van der Waals surface area contributed by atoms with Crippen LogP contribution in [0.2, 0.25) is 5.02 Å². The summed E-state index contributed by atoms with van der Waals surface area (Å²) in [6.07, 6.45) is 5.66. The summed E-state index contributed by atoms with van der Waals surface area (Å²) in [6.45, 7) is 6.15. The van der Waals surface area contributed by atoms with Gasteiger partial charge in [0.05, 0.1) is 12.3 Å². The van der Waals surface area contributed by atoms with E-state index in [-0.39, 0.29) is 5.92 Å². The second kappa shape index (κ2) is 14.3. The number of rotatable bonds is 9. The first-order valence-electron chi connectivity index (χ1n) is 13.7. The third-order valence-electron chi connectivity index (χ3n) is 7.46. The monoisotopic (exact) mass is 555 g/mol. The molecule has 0 radical (unpaired) electrons. The van der Waals surface area contributed by atoms with E-state index in [0.717, 1.165) is 81.7 Å². The van der Waals surface area contributed by atoms with Crippen LogP contribution in [0, 0.1) is 11.8 Å². The standard InChI is InChI=1S/C29H38ClN5O4/c1-3-39-29(37)32-27-19-22(8-13-31-27)20-34-14-11-24(12-15-34)28(36)35-16-9-21(10-17-35)18-26(33-38-2)23-4-6-25(30)7-5-23/h4-8,13,19,21,24H,3,9-12,14-18,20H2,1-2H3,(H,31,32,37). The first kappa shape index (κ1) is 28.8. The Morgan fingerprint density at radius 1 is 1.08 bits per heavy atom. The predicted octanol–water partition coefficient (Wildman–Crippen LogP) is 5.19. The number of halogens is 1. The van der Waals surface area contributed by atoms with Gasteiger partial charge in [-0.3, -0.25) is 15.0 Å². The lowest BCUT2D eigenvalue weighted by Crippen LogP contribution is -2.45.